The molecular formula is C29H30Cl2N4O3S. The Labute approximate surface area is 244 Å². The second-order valence-electron chi connectivity index (χ2n) is 8.69. The van der Waals surface area contributed by atoms with Crippen molar-refractivity contribution in [2.75, 3.05) is 6.61 Å². The van der Waals surface area contributed by atoms with Crippen LogP contribution in [0, 0.1) is 6.92 Å². The summed E-state index contributed by atoms with van der Waals surface area (Å²) in [6.45, 7) is 4.33. The summed E-state index contributed by atoms with van der Waals surface area (Å²) in [5, 5.41) is 12.3. The molecule has 0 aliphatic rings. The van der Waals surface area contributed by atoms with E-state index in [1.165, 1.54) is 0 Å². The molecule has 3 aromatic heterocycles. The molecule has 10 heteroatoms. The van der Waals surface area contributed by atoms with Gasteiger partial charge in [-0.3, -0.25) is 4.98 Å². The van der Waals surface area contributed by atoms with Crippen LogP contribution in [0.25, 0.3) is 22.0 Å². The highest BCUT2D eigenvalue weighted by molar-refractivity contribution is 7.98. The van der Waals surface area contributed by atoms with Crippen molar-refractivity contribution in [1.82, 2.24) is 19.1 Å². The fourth-order valence-electron chi connectivity index (χ4n) is 4.61. The van der Waals surface area contributed by atoms with Crippen molar-refractivity contribution in [1.29, 1.82) is 0 Å². The Morgan fingerprint density at radius 2 is 1.87 bits per heavy atom. The van der Waals surface area contributed by atoms with Crippen molar-refractivity contribution in [3.63, 3.8) is 0 Å². The number of imidazole rings is 1. The van der Waals surface area contributed by atoms with Crippen molar-refractivity contribution in [3.8, 4) is 16.9 Å². The Morgan fingerprint density at radius 3 is 2.51 bits per heavy atom. The standard InChI is InChI=1S/C29H28N4O3S.2ClH/c1-4-36-29(35)27-25(18-37-21-10-6-5-7-11-21)32(3)24-15-22(20-9-8-12-30-16-20)28(34)23(26(24)27)17-33-14-13-31-19(33)2;;/h5-16,34H,4,17-18H2,1-3H3;2*1H. The predicted molar refractivity (Wildman–Crippen MR) is 160 cm³/mol. The first-order valence-electron chi connectivity index (χ1n) is 12.1. The van der Waals surface area contributed by atoms with Crippen LogP contribution in [0.2, 0.25) is 0 Å². The maximum Gasteiger partial charge on any atom is 0.340 e. The van der Waals surface area contributed by atoms with Gasteiger partial charge in [-0.05, 0) is 38.1 Å². The maximum atomic E-state index is 13.4. The second kappa shape index (κ2) is 13.1. The van der Waals surface area contributed by atoms with Gasteiger partial charge >= 0.3 is 5.97 Å². The monoisotopic (exact) mass is 584 g/mol. The van der Waals surface area contributed by atoms with Crippen LogP contribution in [-0.4, -0.2) is 36.8 Å². The van der Waals surface area contributed by atoms with Crippen molar-refractivity contribution in [3.05, 3.63) is 96.0 Å². The van der Waals surface area contributed by atoms with Crippen LogP contribution in [0.15, 0.2) is 78.2 Å². The van der Waals surface area contributed by atoms with Gasteiger partial charge in [-0.25, -0.2) is 9.78 Å². The number of phenolic OH excluding ortho intramolecular Hbond substituents is 1. The molecule has 0 bridgehead atoms. The van der Waals surface area contributed by atoms with Crippen LogP contribution >= 0.6 is 36.6 Å². The Morgan fingerprint density at radius 1 is 1.10 bits per heavy atom. The first kappa shape index (κ1) is 30.1. The van der Waals surface area contributed by atoms with Gasteiger partial charge in [-0.15, -0.1) is 36.6 Å². The van der Waals surface area contributed by atoms with Crippen molar-refractivity contribution < 1.29 is 14.6 Å². The van der Waals surface area contributed by atoms with E-state index >= 15 is 0 Å². The number of aryl methyl sites for hydroxylation is 2. The molecule has 7 nitrogen and oxygen atoms in total. The molecule has 0 saturated heterocycles. The number of nitrogens with zero attached hydrogens (tertiary/aromatic N) is 4. The number of ether oxygens (including phenoxy) is 1. The Bertz CT molecular complexity index is 1570. The molecule has 0 spiro atoms. The Hall–Kier alpha value is -3.46. The highest BCUT2D eigenvalue weighted by atomic mass is 35.5. The summed E-state index contributed by atoms with van der Waals surface area (Å²) < 4.78 is 9.54. The molecule has 5 aromatic rings. The molecule has 0 radical (unpaired) electrons. The third kappa shape index (κ3) is 5.93. The molecule has 0 atom stereocenters. The lowest BCUT2D eigenvalue weighted by atomic mass is 9.96. The summed E-state index contributed by atoms with van der Waals surface area (Å²) in [7, 11) is 1.96. The molecule has 0 saturated carbocycles. The van der Waals surface area contributed by atoms with Gasteiger partial charge < -0.3 is 19.0 Å². The van der Waals surface area contributed by atoms with Gasteiger partial charge in [0.05, 0.1) is 24.2 Å². The summed E-state index contributed by atoms with van der Waals surface area (Å²) >= 11 is 1.65. The molecule has 0 aliphatic heterocycles. The quantitative estimate of drug-likeness (QED) is 0.159. The average molecular weight is 586 g/mol. The first-order valence-corrected chi connectivity index (χ1v) is 13.1. The number of fused-ring (bicyclic) bond motifs is 1. The number of halogens is 2. The van der Waals surface area contributed by atoms with E-state index in [0.717, 1.165) is 27.5 Å². The highest BCUT2D eigenvalue weighted by Gasteiger charge is 2.28. The predicted octanol–water partition coefficient (Wildman–Crippen LogP) is 6.81. The minimum absolute atomic E-state index is 0. The summed E-state index contributed by atoms with van der Waals surface area (Å²) in [5.41, 5.74) is 4.27. The molecule has 3 heterocycles. The molecule has 204 valence electrons. The van der Waals surface area contributed by atoms with E-state index in [4.69, 9.17) is 4.74 Å². The van der Waals surface area contributed by atoms with E-state index in [-0.39, 0.29) is 37.2 Å². The lowest BCUT2D eigenvalue weighted by Crippen LogP contribution is -2.09. The van der Waals surface area contributed by atoms with Gasteiger partial charge in [0.1, 0.15) is 11.6 Å². The Kier molecular flexibility index (Phi) is 10.1. The summed E-state index contributed by atoms with van der Waals surface area (Å²) in [6.07, 6.45) is 7.04. The van der Waals surface area contributed by atoms with Crippen LogP contribution in [0.4, 0.5) is 0 Å². The van der Waals surface area contributed by atoms with Crippen LogP contribution < -0.4 is 0 Å². The summed E-state index contributed by atoms with van der Waals surface area (Å²) in [6, 6.07) is 15.8. The largest absolute Gasteiger partial charge is 0.507 e. The molecule has 0 unspecified atom stereocenters. The topological polar surface area (TPSA) is 82.2 Å². The number of phenols is 1. The molecule has 1 N–H and O–H groups in total. The number of rotatable bonds is 8. The average Bonchev–Trinajstić information content (AvgIpc) is 3.45. The molecule has 5 rings (SSSR count). The van der Waals surface area contributed by atoms with E-state index in [9.17, 15) is 9.90 Å². The fraction of sp³-hybridized carbons (Fsp3) is 0.207. The van der Waals surface area contributed by atoms with Crippen LogP contribution in [0.5, 0.6) is 5.75 Å². The zero-order chi connectivity index (χ0) is 25.9. The highest BCUT2D eigenvalue weighted by Crippen LogP contribution is 2.42. The number of aromatic hydroxyl groups is 1. The minimum Gasteiger partial charge on any atom is -0.507 e. The molecule has 0 amide bonds. The number of carbonyl (C=O) groups excluding carboxylic acids is 1. The molecule has 0 aliphatic carbocycles. The number of hydrogen-bond donors (Lipinski definition) is 1. The van der Waals surface area contributed by atoms with E-state index < -0.39 is 5.97 Å². The number of thioether (sulfide) groups is 1. The van der Waals surface area contributed by atoms with Gasteiger partial charge in [0.25, 0.3) is 0 Å². The van der Waals surface area contributed by atoms with Crippen LogP contribution in [-0.2, 0) is 24.1 Å². The zero-order valence-corrected chi connectivity index (χ0v) is 24.3. The molecule has 39 heavy (non-hydrogen) atoms. The van der Waals surface area contributed by atoms with Gasteiger partial charge in [0.15, 0.2) is 0 Å². The SMILES string of the molecule is CCOC(=O)c1c(CSc2ccccc2)n(C)c2cc(-c3cccnc3)c(O)c(Cn3ccnc3C)c12.Cl.Cl. The number of hydrogen-bond acceptors (Lipinski definition) is 6. The van der Waals surface area contributed by atoms with E-state index in [2.05, 4.69) is 22.1 Å². The third-order valence-electron chi connectivity index (χ3n) is 6.51. The maximum absolute atomic E-state index is 13.4. The van der Waals surface area contributed by atoms with E-state index in [1.54, 1.807) is 37.3 Å². The molecule has 2 aromatic carbocycles. The lowest BCUT2D eigenvalue weighted by Gasteiger charge is -2.15. The second-order valence-corrected chi connectivity index (χ2v) is 9.74. The van der Waals surface area contributed by atoms with E-state index in [0.29, 0.717) is 34.4 Å². The third-order valence-corrected chi connectivity index (χ3v) is 7.53. The van der Waals surface area contributed by atoms with Crippen LogP contribution in [0.1, 0.15) is 34.4 Å². The van der Waals surface area contributed by atoms with Crippen LogP contribution in [0.3, 0.4) is 0 Å². The zero-order valence-electron chi connectivity index (χ0n) is 21.8. The van der Waals surface area contributed by atoms with Crippen molar-refractivity contribution in [2.45, 2.75) is 31.0 Å². The van der Waals surface area contributed by atoms with Gasteiger partial charge in [0.2, 0.25) is 0 Å². The van der Waals surface area contributed by atoms with Gasteiger partial charge in [-0.1, -0.05) is 24.3 Å². The van der Waals surface area contributed by atoms with E-state index in [1.807, 2.05) is 65.7 Å². The first-order chi connectivity index (χ1) is 18.0. The normalized spacial score (nSPS) is 10.6. The van der Waals surface area contributed by atoms with Crippen molar-refractivity contribution >= 4 is 53.4 Å². The number of pyridine rings is 1. The summed E-state index contributed by atoms with van der Waals surface area (Å²) in [5.74, 6) is 1.10. The van der Waals surface area contributed by atoms with Gasteiger partial charge in [-0.2, -0.15) is 0 Å². The number of benzene rings is 2. The number of carbonyl (C=O) groups is 1. The molecule has 0 fully saturated rings. The lowest BCUT2D eigenvalue weighted by molar-refractivity contribution is 0.0527. The minimum atomic E-state index is -0.395. The molecular weight excluding hydrogens is 555 g/mol. The number of aromatic nitrogens is 4. The summed E-state index contributed by atoms with van der Waals surface area (Å²) in [4.78, 5) is 23.1. The van der Waals surface area contributed by atoms with Crippen molar-refractivity contribution in [2.24, 2.45) is 7.05 Å². The fourth-order valence-corrected chi connectivity index (χ4v) is 5.60. The Balaban J connectivity index is 0.00000210. The van der Waals surface area contributed by atoms with Gasteiger partial charge in [0, 0.05) is 70.3 Å². The number of esters is 1. The smallest absolute Gasteiger partial charge is 0.340 e.